The third kappa shape index (κ3) is 3.99. The Labute approximate surface area is 190 Å². The molecule has 0 radical (unpaired) electrons. The molecule has 5 aromatic carbocycles. The van der Waals surface area contributed by atoms with Crippen LogP contribution in [0.1, 0.15) is 31.7 Å². The molecule has 0 spiro atoms. The molecule has 0 saturated heterocycles. The number of unbranched alkanes of at least 4 members (excludes halogenated alkanes) is 2. The smallest absolute Gasteiger partial charge is 0.0399 e. The first-order valence-corrected chi connectivity index (χ1v) is 11.6. The predicted molar refractivity (Wildman–Crippen MR) is 140 cm³/mol. The topological polar surface area (TPSA) is 26.0 Å². The lowest BCUT2D eigenvalue weighted by Gasteiger charge is -2.12. The Morgan fingerprint density at radius 3 is 2.00 bits per heavy atom. The summed E-state index contributed by atoms with van der Waals surface area (Å²) in [5, 5.41) is 4.92. The fourth-order valence-corrected chi connectivity index (χ4v) is 4.68. The van der Waals surface area contributed by atoms with Crippen molar-refractivity contribution in [2.45, 2.75) is 32.6 Å². The largest absolute Gasteiger partial charge is 0.398 e. The minimum atomic E-state index is 0.827. The second-order valence-corrected chi connectivity index (χ2v) is 8.69. The number of rotatable bonds is 6. The van der Waals surface area contributed by atoms with E-state index in [2.05, 4.69) is 97.9 Å². The van der Waals surface area contributed by atoms with Gasteiger partial charge in [-0.15, -0.1) is 0 Å². The molecule has 0 heterocycles. The molecule has 2 N–H and O–H groups in total. The van der Waals surface area contributed by atoms with Gasteiger partial charge in [-0.3, -0.25) is 0 Å². The lowest BCUT2D eigenvalue weighted by Crippen LogP contribution is -1.91. The maximum Gasteiger partial charge on any atom is 0.0399 e. The van der Waals surface area contributed by atoms with E-state index >= 15 is 0 Å². The first-order valence-electron chi connectivity index (χ1n) is 11.6. The standard InChI is InChI=1S/C31H29N/c1-2-3-4-9-22-18-25-10-5-7-12-28(25)30(19-22)24-16-14-23(15-17-24)27-20-26-11-6-8-13-29(26)31(32)21-27/h5-8,10-21H,2-4,9,32H2,1H3. The molecule has 1 heteroatoms. The van der Waals surface area contributed by atoms with Crippen LogP contribution >= 0.6 is 0 Å². The van der Waals surface area contributed by atoms with Gasteiger partial charge in [0.15, 0.2) is 0 Å². The highest BCUT2D eigenvalue weighted by Crippen LogP contribution is 2.34. The monoisotopic (exact) mass is 415 g/mol. The summed E-state index contributed by atoms with van der Waals surface area (Å²) in [5.74, 6) is 0. The van der Waals surface area contributed by atoms with Crippen molar-refractivity contribution in [3.05, 3.63) is 103 Å². The van der Waals surface area contributed by atoms with Crippen LogP contribution in [0.5, 0.6) is 0 Å². The molecule has 5 aromatic rings. The van der Waals surface area contributed by atoms with Crippen molar-refractivity contribution < 1.29 is 0 Å². The number of hydrogen-bond donors (Lipinski definition) is 1. The summed E-state index contributed by atoms with van der Waals surface area (Å²) in [7, 11) is 0. The van der Waals surface area contributed by atoms with E-state index in [1.807, 2.05) is 6.07 Å². The minimum Gasteiger partial charge on any atom is -0.398 e. The van der Waals surface area contributed by atoms with E-state index in [1.165, 1.54) is 57.7 Å². The van der Waals surface area contributed by atoms with Crippen LogP contribution in [0.3, 0.4) is 0 Å². The lowest BCUT2D eigenvalue weighted by molar-refractivity contribution is 0.718. The van der Waals surface area contributed by atoms with Gasteiger partial charge in [-0.2, -0.15) is 0 Å². The van der Waals surface area contributed by atoms with Crippen LogP contribution in [0.2, 0.25) is 0 Å². The Bertz CT molecular complexity index is 1380. The average Bonchev–Trinajstić information content (AvgIpc) is 2.84. The second kappa shape index (κ2) is 8.88. The Kier molecular flexibility index (Phi) is 5.64. The molecule has 0 unspecified atom stereocenters. The summed E-state index contributed by atoms with van der Waals surface area (Å²) in [5.41, 5.74) is 13.5. The maximum atomic E-state index is 6.34. The number of hydrogen-bond acceptors (Lipinski definition) is 1. The zero-order valence-corrected chi connectivity index (χ0v) is 18.6. The van der Waals surface area contributed by atoms with Crippen LogP contribution in [0.4, 0.5) is 5.69 Å². The van der Waals surface area contributed by atoms with E-state index in [1.54, 1.807) is 0 Å². The minimum absolute atomic E-state index is 0.827. The van der Waals surface area contributed by atoms with Gasteiger partial charge in [-0.1, -0.05) is 105 Å². The second-order valence-electron chi connectivity index (χ2n) is 8.69. The summed E-state index contributed by atoms with van der Waals surface area (Å²) >= 11 is 0. The molecule has 0 fully saturated rings. The molecule has 0 amide bonds. The highest BCUT2D eigenvalue weighted by Gasteiger charge is 2.09. The van der Waals surface area contributed by atoms with Crippen molar-refractivity contribution in [3.8, 4) is 22.3 Å². The first-order chi connectivity index (χ1) is 15.7. The molecule has 0 aliphatic carbocycles. The van der Waals surface area contributed by atoms with E-state index < -0.39 is 0 Å². The Morgan fingerprint density at radius 1 is 0.594 bits per heavy atom. The molecule has 0 aliphatic heterocycles. The van der Waals surface area contributed by atoms with Crippen LogP contribution in [-0.4, -0.2) is 0 Å². The summed E-state index contributed by atoms with van der Waals surface area (Å²) in [6.07, 6.45) is 4.92. The van der Waals surface area contributed by atoms with Gasteiger partial charge in [-0.05, 0) is 69.0 Å². The molecular formula is C31H29N. The summed E-state index contributed by atoms with van der Waals surface area (Å²) in [6.45, 7) is 2.26. The van der Waals surface area contributed by atoms with Crippen LogP contribution in [0.15, 0.2) is 97.1 Å². The molecule has 32 heavy (non-hydrogen) atoms. The first kappa shape index (κ1) is 20.3. The number of benzene rings is 5. The number of nitrogens with two attached hydrogens (primary N) is 1. The zero-order valence-electron chi connectivity index (χ0n) is 18.6. The molecule has 158 valence electrons. The van der Waals surface area contributed by atoms with E-state index in [-0.39, 0.29) is 0 Å². The lowest BCUT2D eigenvalue weighted by atomic mass is 9.92. The van der Waals surface area contributed by atoms with E-state index in [9.17, 15) is 0 Å². The number of nitrogen functional groups attached to an aromatic ring is 1. The normalized spacial score (nSPS) is 11.3. The van der Waals surface area contributed by atoms with E-state index in [0.717, 1.165) is 23.1 Å². The van der Waals surface area contributed by atoms with Crippen molar-refractivity contribution in [2.75, 3.05) is 5.73 Å². The third-order valence-corrected chi connectivity index (χ3v) is 6.41. The SMILES string of the molecule is CCCCCc1cc(-c2ccc(-c3cc(N)c4ccccc4c3)cc2)c2ccccc2c1. The van der Waals surface area contributed by atoms with Crippen LogP contribution < -0.4 is 5.73 Å². The molecular weight excluding hydrogens is 386 g/mol. The highest BCUT2D eigenvalue weighted by atomic mass is 14.5. The Balaban J connectivity index is 1.54. The molecule has 0 saturated carbocycles. The van der Waals surface area contributed by atoms with Crippen molar-refractivity contribution >= 4 is 27.2 Å². The van der Waals surface area contributed by atoms with Gasteiger partial charge in [0.05, 0.1) is 0 Å². The number of anilines is 1. The van der Waals surface area contributed by atoms with Crippen LogP contribution in [-0.2, 0) is 6.42 Å². The Hall–Kier alpha value is -3.58. The summed E-state index contributed by atoms with van der Waals surface area (Å²) in [6, 6.07) is 35.0. The van der Waals surface area contributed by atoms with Crippen molar-refractivity contribution in [1.29, 1.82) is 0 Å². The molecule has 0 bridgehead atoms. The van der Waals surface area contributed by atoms with Crippen LogP contribution in [0.25, 0.3) is 43.8 Å². The van der Waals surface area contributed by atoms with Gasteiger partial charge in [0.1, 0.15) is 0 Å². The fourth-order valence-electron chi connectivity index (χ4n) is 4.68. The molecule has 0 atom stereocenters. The van der Waals surface area contributed by atoms with E-state index in [0.29, 0.717) is 0 Å². The summed E-state index contributed by atoms with van der Waals surface area (Å²) < 4.78 is 0. The van der Waals surface area contributed by atoms with Gasteiger partial charge in [-0.25, -0.2) is 0 Å². The van der Waals surface area contributed by atoms with Crippen molar-refractivity contribution in [2.24, 2.45) is 0 Å². The molecule has 0 aromatic heterocycles. The van der Waals surface area contributed by atoms with Gasteiger partial charge < -0.3 is 5.73 Å². The third-order valence-electron chi connectivity index (χ3n) is 6.41. The van der Waals surface area contributed by atoms with Gasteiger partial charge in [0.25, 0.3) is 0 Å². The summed E-state index contributed by atoms with van der Waals surface area (Å²) in [4.78, 5) is 0. The van der Waals surface area contributed by atoms with Gasteiger partial charge in [0.2, 0.25) is 0 Å². The highest BCUT2D eigenvalue weighted by molar-refractivity contribution is 5.99. The molecule has 1 nitrogen and oxygen atoms in total. The quantitative estimate of drug-likeness (QED) is 0.218. The Morgan fingerprint density at radius 2 is 1.25 bits per heavy atom. The molecule has 0 aliphatic rings. The van der Waals surface area contributed by atoms with Gasteiger partial charge >= 0.3 is 0 Å². The van der Waals surface area contributed by atoms with Crippen LogP contribution in [0, 0.1) is 0 Å². The van der Waals surface area contributed by atoms with Crippen molar-refractivity contribution in [1.82, 2.24) is 0 Å². The average molecular weight is 416 g/mol. The van der Waals surface area contributed by atoms with E-state index in [4.69, 9.17) is 5.73 Å². The number of aryl methyl sites for hydroxylation is 1. The van der Waals surface area contributed by atoms with Crippen molar-refractivity contribution in [3.63, 3.8) is 0 Å². The maximum absolute atomic E-state index is 6.34. The fraction of sp³-hybridized carbons (Fsp3) is 0.161. The zero-order chi connectivity index (χ0) is 21.9. The van der Waals surface area contributed by atoms with Gasteiger partial charge in [0, 0.05) is 11.1 Å². The predicted octanol–water partition coefficient (Wildman–Crippen LogP) is 8.64. The number of fused-ring (bicyclic) bond motifs is 2. The molecule has 5 rings (SSSR count).